The van der Waals surface area contributed by atoms with E-state index in [2.05, 4.69) is 10.4 Å². The summed E-state index contributed by atoms with van der Waals surface area (Å²) in [4.78, 5) is 12.9. The molecule has 1 N–H and O–H groups in total. The van der Waals surface area contributed by atoms with E-state index in [4.69, 9.17) is 21.6 Å². The molecule has 1 atom stereocenters. The number of piperidine rings is 1. The first-order valence-electron chi connectivity index (χ1n) is 11.7. The summed E-state index contributed by atoms with van der Waals surface area (Å²) in [6.45, 7) is 2.33. The van der Waals surface area contributed by atoms with Crippen LogP contribution in [-0.4, -0.2) is 62.4 Å². The molecule has 2 fully saturated rings. The normalized spacial score (nSPS) is 19.6. The number of nitrogens with zero attached hydrogens (tertiary/aromatic N) is 5. The van der Waals surface area contributed by atoms with Crippen LogP contribution in [0, 0.1) is 23.1 Å². The average molecular weight is 539 g/mol. The Labute approximate surface area is 214 Å². The molecule has 1 aromatic heterocycles. The van der Waals surface area contributed by atoms with Gasteiger partial charge < -0.3 is 10.1 Å². The molecule has 13 heteroatoms. The van der Waals surface area contributed by atoms with E-state index < -0.39 is 21.6 Å². The molecule has 3 heterocycles. The number of benzene rings is 1. The second-order valence-corrected chi connectivity index (χ2v) is 11.3. The molecule has 2 aromatic rings. The third-order valence-corrected chi connectivity index (χ3v) is 8.91. The van der Waals surface area contributed by atoms with Gasteiger partial charge in [0.05, 0.1) is 41.9 Å². The van der Waals surface area contributed by atoms with E-state index in [-0.39, 0.29) is 35.4 Å². The highest BCUT2D eigenvalue weighted by Crippen LogP contribution is 2.28. The van der Waals surface area contributed by atoms with Crippen LogP contribution in [0.3, 0.4) is 0 Å². The molecule has 4 rings (SSSR count). The van der Waals surface area contributed by atoms with Crippen LogP contribution in [0.1, 0.15) is 37.3 Å². The van der Waals surface area contributed by atoms with Gasteiger partial charge in [0, 0.05) is 33.3 Å². The minimum Gasteiger partial charge on any atom is -0.382 e. The Balaban J connectivity index is 1.40. The minimum absolute atomic E-state index is 0.0489. The van der Waals surface area contributed by atoms with Gasteiger partial charge in [0.2, 0.25) is 0 Å². The molecule has 36 heavy (non-hydrogen) atoms. The van der Waals surface area contributed by atoms with Crippen LogP contribution in [-0.2, 0) is 14.9 Å². The Hall–Kier alpha value is -2.72. The molecule has 0 bridgehead atoms. The predicted octanol–water partition coefficient (Wildman–Crippen LogP) is 2.76. The van der Waals surface area contributed by atoms with Gasteiger partial charge in [-0.3, -0.25) is 9.10 Å². The fourth-order valence-electron chi connectivity index (χ4n) is 4.50. The monoisotopic (exact) mass is 538 g/mol. The maximum atomic E-state index is 14.4. The summed E-state index contributed by atoms with van der Waals surface area (Å²) in [6, 6.07) is 5.12. The lowest BCUT2D eigenvalue weighted by Gasteiger charge is -2.34. The zero-order valence-electron chi connectivity index (χ0n) is 19.9. The molecule has 2 aliphatic heterocycles. The zero-order valence-corrected chi connectivity index (χ0v) is 21.4. The Kier molecular flexibility index (Phi) is 8.14. The van der Waals surface area contributed by atoms with Crippen molar-refractivity contribution in [2.45, 2.75) is 31.7 Å². The van der Waals surface area contributed by atoms with Crippen molar-refractivity contribution in [3.8, 4) is 6.07 Å². The van der Waals surface area contributed by atoms with Crippen LogP contribution in [0.25, 0.3) is 0 Å². The van der Waals surface area contributed by atoms with E-state index in [1.54, 1.807) is 0 Å². The van der Waals surface area contributed by atoms with Gasteiger partial charge in [-0.1, -0.05) is 11.6 Å². The standard InChI is InChI=1S/C23H28ClFN6O4S/c1-29(21-5-4-16(12-26)11-19(21)25)36(33,34)30-8-6-18(7-9-30)31-23(32)22(24)20(14-28-31)27-13-17-3-2-10-35-15-17/h4-5,11,14,17-18,27H,2-3,6-10,13,15H2,1H3/t17-/m0/s1. The first-order valence-corrected chi connectivity index (χ1v) is 13.5. The molecule has 0 radical (unpaired) electrons. The highest BCUT2D eigenvalue weighted by atomic mass is 35.5. The molecule has 0 saturated carbocycles. The van der Waals surface area contributed by atoms with Crippen LogP contribution < -0.4 is 15.2 Å². The minimum atomic E-state index is -4.02. The van der Waals surface area contributed by atoms with Gasteiger partial charge in [-0.2, -0.15) is 23.1 Å². The number of nitrogens with one attached hydrogen (secondary N) is 1. The fourth-order valence-corrected chi connectivity index (χ4v) is 6.12. The van der Waals surface area contributed by atoms with E-state index in [0.717, 1.165) is 29.8 Å². The summed E-state index contributed by atoms with van der Waals surface area (Å²) in [5, 5.41) is 16.4. The van der Waals surface area contributed by atoms with Gasteiger partial charge in [0.15, 0.2) is 0 Å². The predicted molar refractivity (Wildman–Crippen MR) is 134 cm³/mol. The Morgan fingerprint density at radius 2 is 2.08 bits per heavy atom. The second-order valence-electron chi connectivity index (χ2n) is 8.97. The highest BCUT2D eigenvalue weighted by molar-refractivity contribution is 7.90. The number of hydrogen-bond acceptors (Lipinski definition) is 7. The van der Waals surface area contributed by atoms with Crippen molar-refractivity contribution in [1.29, 1.82) is 5.26 Å². The van der Waals surface area contributed by atoms with Crippen molar-refractivity contribution < 1.29 is 17.5 Å². The molecule has 0 aliphatic carbocycles. The number of aromatic nitrogens is 2. The van der Waals surface area contributed by atoms with Gasteiger partial charge in [0.1, 0.15) is 10.8 Å². The van der Waals surface area contributed by atoms with E-state index in [1.165, 1.54) is 34.4 Å². The number of anilines is 2. The molecule has 2 aliphatic rings. The lowest BCUT2D eigenvalue weighted by Crippen LogP contribution is -2.47. The van der Waals surface area contributed by atoms with E-state index in [0.29, 0.717) is 37.6 Å². The third-order valence-electron chi connectivity index (χ3n) is 6.64. The van der Waals surface area contributed by atoms with Gasteiger partial charge in [-0.25, -0.2) is 9.07 Å². The molecule has 0 unspecified atom stereocenters. The summed E-state index contributed by atoms with van der Waals surface area (Å²) < 4.78 is 49.5. The molecule has 2 saturated heterocycles. The van der Waals surface area contributed by atoms with Crippen LogP contribution in [0.4, 0.5) is 15.8 Å². The van der Waals surface area contributed by atoms with E-state index in [9.17, 15) is 17.6 Å². The maximum absolute atomic E-state index is 14.4. The van der Waals surface area contributed by atoms with Crippen LogP contribution in [0.15, 0.2) is 29.2 Å². The number of nitriles is 1. The summed E-state index contributed by atoms with van der Waals surface area (Å²) in [7, 11) is -2.75. The molecule has 10 nitrogen and oxygen atoms in total. The first kappa shape index (κ1) is 26.3. The third kappa shape index (κ3) is 5.49. The molecule has 0 spiro atoms. The Morgan fingerprint density at radius 1 is 1.33 bits per heavy atom. The number of halogens is 2. The number of rotatable bonds is 7. The maximum Gasteiger partial charge on any atom is 0.303 e. The van der Waals surface area contributed by atoms with Gasteiger partial charge in [-0.15, -0.1) is 0 Å². The molecular weight excluding hydrogens is 511 g/mol. The highest BCUT2D eigenvalue weighted by Gasteiger charge is 2.33. The molecule has 194 valence electrons. The van der Waals surface area contributed by atoms with Gasteiger partial charge in [0.25, 0.3) is 5.56 Å². The summed E-state index contributed by atoms with van der Waals surface area (Å²) in [6.07, 6.45) is 4.27. The van der Waals surface area contributed by atoms with Crippen LogP contribution in [0.2, 0.25) is 5.02 Å². The van der Waals surface area contributed by atoms with E-state index >= 15 is 0 Å². The SMILES string of the molecule is CN(c1ccc(C#N)cc1F)S(=O)(=O)N1CCC(n2ncc(NC[C@@H]3CCCOC3)c(Cl)c2=O)CC1. The van der Waals surface area contributed by atoms with Crippen molar-refractivity contribution >= 4 is 33.2 Å². The second kappa shape index (κ2) is 11.1. The first-order chi connectivity index (χ1) is 17.2. The molecule has 0 amide bonds. The van der Waals surface area contributed by atoms with Crippen molar-refractivity contribution in [3.05, 3.63) is 51.2 Å². The lowest BCUT2D eigenvalue weighted by atomic mass is 10.0. The zero-order chi connectivity index (χ0) is 25.9. The van der Waals surface area contributed by atoms with Gasteiger partial charge >= 0.3 is 10.2 Å². The molecular formula is C23H28ClFN6O4S. The summed E-state index contributed by atoms with van der Waals surface area (Å²) >= 11 is 6.35. The quantitative estimate of drug-likeness (QED) is 0.575. The van der Waals surface area contributed by atoms with Crippen molar-refractivity contribution in [2.75, 3.05) is 49.5 Å². The summed E-state index contributed by atoms with van der Waals surface area (Å²) in [5.41, 5.74) is -0.0124. The average Bonchev–Trinajstić information content (AvgIpc) is 2.89. The Bertz CT molecular complexity index is 1300. The Morgan fingerprint density at radius 3 is 2.72 bits per heavy atom. The van der Waals surface area contributed by atoms with Gasteiger partial charge in [-0.05, 0) is 49.8 Å². The number of ether oxygens (including phenoxy) is 1. The van der Waals surface area contributed by atoms with Crippen molar-refractivity contribution in [2.24, 2.45) is 5.92 Å². The lowest BCUT2D eigenvalue weighted by molar-refractivity contribution is 0.0595. The summed E-state index contributed by atoms with van der Waals surface area (Å²) in [5.74, 6) is -0.454. The molecule has 1 aromatic carbocycles. The fraction of sp³-hybridized carbons (Fsp3) is 0.522. The van der Waals surface area contributed by atoms with Crippen molar-refractivity contribution in [1.82, 2.24) is 14.1 Å². The van der Waals surface area contributed by atoms with Crippen LogP contribution >= 0.6 is 11.6 Å². The van der Waals surface area contributed by atoms with E-state index in [1.807, 2.05) is 6.07 Å². The smallest absolute Gasteiger partial charge is 0.303 e. The largest absolute Gasteiger partial charge is 0.382 e. The topological polar surface area (TPSA) is 121 Å². The van der Waals surface area contributed by atoms with Crippen molar-refractivity contribution in [3.63, 3.8) is 0 Å². The number of hydrogen-bond donors (Lipinski definition) is 1. The van der Waals surface area contributed by atoms with Crippen LogP contribution in [0.5, 0.6) is 0 Å².